The summed E-state index contributed by atoms with van der Waals surface area (Å²) in [5.74, 6) is 0.717. The Hall–Kier alpha value is -2.47. The molecule has 0 spiro atoms. The predicted octanol–water partition coefficient (Wildman–Crippen LogP) is 2.63. The van der Waals surface area contributed by atoms with Crippen molar-refractivity contribution >= 4 is 5.69 Å². The van der Waals surface area contributed by atoms with Crippen molar-refractivity contribution in [2.75, 3.05) is 6.61 Å². The molecule has 0 aliphatic heterocycles. The van der Waals surface area contributed by atoms with Gasteiger partial charge < -0.3 is 9.84 Å². The fraction of sp³-hybridized carbons (Fsp3) is 0.214. The molecule has 2 rings (SSSR count). The Bertz CT molecular complexity index is 611. The zero-order valence-corrected chi connectivity index (χ0v) is 10.9. The summed E-state index contributed by atoms with van der Waals surface area (Å²) >= 11 is 0. The number of pyridine rings is 1. The molecule has 0 atom stereocenters. The van der Waals surface area contributed by atoms with Crippen LogP contribution >= 0.6 is 0 Å². The van der Waals surface area contributed by atoms with Crippen LogP contribution in [0.3, 0.4) is 0 Å². The lowest BCUT2D eigenvalue weighted by atomic mass is 10.1. The second kappa shape index (κ2) is 6.12. The average molecular weight is 274 g/mol. The van der Waals surface area contributed by atoms with E-state index in [0.29, 0.717) is 17.7 Å². The van der Waals surface area contributed by atoms with Crippen molar-refractivity contribution in [3.63, 3.8) is 0 Å². The number of aliphatic hydroxyl groups is 1. The molecule has 0 saturated carbocycles. The van der Waals surface area contributed by atoms with Gasteiger partial charge >= 0.3 is 0 Å². The zero-order chi connectivity index (χ0) is 14.5. The molecule has 6 nitrogen and oxygen atoms in total. The van der Waals surface area contributed by atoms with Gasteiger partial charge in [-0.3, -0.25) is 10.1 Å². The summed E-state index contributed by atoms with van der Waals surface area (Å²) in [5, 5.41) is 19.7. The molecular weight excluding hydrogens is 260 g/mol. The molecule has 1 heterocycles. The van der Waals surface area contributed by atoms with Crippen LogP contribution in [0.1, 0.15) is 11.1 Å². The quantitative estimate of drug-likeness (QED) is 0.669. The highest BCUT2D eigenvalue weighted by atomic mass is 16.6. The molecule has 0 aliphatic carbocycles. The minimum absolute atomic E-state index is 0.0214. The highest BCUT2D eigenvalue weighted by Crippen LogP contribution is 2.25. The van der Waals surface area contributed by atoms with Gasteiger partial charge in [-0.05, 0) is 31.0 Å². The van der Waals surface area contributed by atoms with Crippen molar-refractivity contribution in [2.45, 2.75) is 13.3 Å². The molecular formula is C14H14N2O4. The van der Waals surface area contributed by atoms with Crippen molar-refractivity contribution in [3.05, 3.63) is 57.8 Å². The first-order valence-electron chi connectivity index (χ1n) is 6.09. The summed E-state index contributed by atoms with van der Waals surface area (Å²) in [7, 11) is 0. The zero-order valence-electron chi connectivity index (χ0n) is 10.9. The molecule has 1 aromatic heterocycles. The number of ether oxygens (including phenoxy) is 1. The minimum Gasteiger partial charge on any atom is -0.439 e. The van der Waals surface area contributed by atoms with Gasteiger partial charge in [-0.1, -0.05) is 12.1 Å². The van der Waals surface area contributed by atoms with Crippen LogP contribution in [0.2, 0.25) is 0 Å². The van der Waals surface area contributed by atoms with E-state index in [1.165, 1.54) is 12.3 Å². The summed E-state index contributed by atoms with van der Waals surface area (Å²) in [6, 6.07) is 8.43. The second-order valence-corrected chi connectivity index (χ2v) is 4.29. The van der Waals surface area contributed by atoms with E-state index in [0.717, 1.165) is 5.56 Å². The summed E-state index contributed by atoms with van der Waals surface area (Å²) < 4.78 is 5.48. The smallest absolute Gasteiger partial charge is 0.279 e. The third kappa shape index (κ3) is 3.30. The highest BCUT2D eigenvalue weighted by Gasteiger charge is 2.13. The molecule has 0 amide bonds. The van der Waals surface area contributed by atoms with Gasteiger partial charge in [-0.15, -0.1) is 0 Å². The lowest BCUT2D eigenvalue weighted by Crippen LogP contribution is -1.95. The van der Waals surface area contributed by atoms with E-state index in [2.05, 4.69) is 4.98 Å². The van der Waals surface area contributed by atoms with Gasteiger partial charge in [0, 0.05) is 18.4 Å². The fourth-order valence-corrected chi connectivity index (χ4v) is 1.72. The van der Waals surface area contributed by atoms with E-state index in [1.54, 1.807) is 19.1 Å². The van der Waals surface area contributed by atoms with Crippen LogP contribution in [-0.2, 0) is 6.42 Å². The maximum absolute atomic E-state index is 10.8. The number of nitro groups is 1. The largest absolute Gasteiger partial charge is 0.439 e. The second-order valence-electron chi connectivity index (χ2n) is 4.29. The Balaban J connectivity index is 2.17. The van der Waals surface area contributed by atoms with Crippen molar-refractivity contribution in [2.24, 2.45) is 0 Å². The Morgan fingerprint density at radius 1 is 1.35 bits per heavy atom. The predicted molar refractivity (Wildman–Crippen MR) is 72.9 cm³/mol. The van der Waals surface area contributed by atoms with Crippen molar-refractivity contribution in [1.29, 1.82) is 0 Å². The first-order chi connectivity index (χ1) is 9.60. The van der Waals surface area contributed by atoms with E-state index in [-0.39, 0.29) is 18.2 Å². The van der Waals surface area contributed by atoms with Crippen LogP contribution in [0, 0.1) is 17.0 Å². The number of aryl methyl sites for hydroxylation is 1. The molecule has 2 aromatic rings. The Morgan fingerprint density at radius 2 is 2.05 bits per heavy atom. The molecule has 1 aromatic carbocycles. The Kier molecular flexibility index (Phi) is 4.27. The minimum atomic E-state index is -0.464. The maximum Gasteiger partial charge on any atom is 0.279 e. The normalized spacial score (nSPS) is 10.3. The summed E-state index contributed by atoms with van der Waals surface area (Å²) in [6.07, 6.45) is 1.99. The molecule has 0 unspecified atom stereocenters. The number of hydrogen-bond donors (Lipinski definition) is 1. The third-order valence-electron chi connectivity index (χ3n) is 2.79. The molecule has 0 fully saturated rings. The first kappa shape index (κ1) is 14.0. The van der Waals surface area contributed by atoms with Crippen LogP contribution in [-0.4, -0.2) is 21.6 Å². The molecule has 0 bridgehead atoms. The van der Waals surface area contributed by atoms with Gasteiger partial charge in [0.2, 0.25) is 5.88 Å². The van der Waals surface area contributed by atoms with E-state index in [9.17, 15) is 10.1 Å². The Labute approximate surface area is 115 Å². The Morgan fingerprint density at radius 3 is 2.65 bits per heavy atom. The van der Waals surface area contributed by atoms with Gasteiger partial charge in [0.05, 0.1) is 11.0 Å². The summed E-state index contributed by atoms with van der Waals surface area (Å²) in [5.41, 5.74) is 1.45. The topological polar surface area (TPSA) is 85.5 Å². The van der Waals surface area contributed by atoms with E-state index < -0.39 is 4.92 Å². The SMILES string of the molecule is Cc1cnc(Oc2ccc(CCO)cc2)cc1[N+](=O)[O-]. The fourth-order valence-electron chi connectivity index (χ4n) is 1.72. The molecule has 1 N–H and O–H groups in total. The van der Waals surface area contributed by atoms with Crippen molar-refractivity contribution in [1.82, 2.24) is 4.98 Å². The van der Waals surface area contributed by atoms with Gasteiger partial charge in [0.15, 0.2) is 0 Å². The number of aliphatic hydroxyl groups excluding tert-OH is 1. The van der Waals surface area contributed by atoms with E-state index >= 15 is 0 Å². The number of nitrogens with zero attached hydrogens (tertiary/aromatic N) is 2. The van der Waals surface area contributed by atoms with E-state index in [1.807, 2.05) is 12.1 Å². The first-order valence-corrected chi connectivity index (χ1v) is 6.09. The molecule has 20 heavy (non-hydrogen) atoms. The van der Waals surface area contributed by atoms with Crippen molar-refractivity contribution in [3.8, 4) is 11.6 Å². The van der Waals surface area contributed by atoms with Gasteiger partial charge in [0.1, 0.15) is 5.75 Å². The maximum atomic E-state index is 10.8. The highest BCUT2D eigenvalue weighted by molar-refractivity contribution is 5.42. The van der Waals surface area contributed by atoms with Gasteiger partial charge in [-0.25, -0.2) is 4.98 Å². The summed E-state index contributed by atoms with van der Waals surface area (Å²) in [6.45, 7) is 1.71. The third-order valence-corrected chi connectivity index (χ3v) is 2.79. The number of rotatable bonds is 5. The van der Waals surface area contributed by atoms with Gasteiger partial charge in [-0.2, -0.15) is 0 Å². The van der Waals surface area contributed by atoms with Crippen LogP contribution < -0.4 is 4.74 Å². The number of hydrogen-bond acceptors (Lipinski definition) is 5. The molecule has 6 heteroatoms. The number of aromatic nitrogens is 1. The van der Waals surface area contributed by atoms with Crippen LogP contribution in [0.4, 0.5) is 5.69 Å². The number of benzene rings is 1. The molecule has 0 radical (unpaired) electrons. The lowest BCUT2D eigenvalue weighted by Gasteiger charge is -2.06. The van der Waals surface area contributed by atoms with Crippen LogP contribution in [0.25, 0.3) is 0 Å². The average Bonchev–Trinajstić information content (AvgIpc) is 2.43. The summed E-state index contributed by atoms with van der Waals surface area (Å²) in [4.78, 5) is 14.4. The molecule has 0 aliphatic rings. The monoisotopic (exact) mass is 274 g/mol. The standard InChI is InChI=1S/C14H14N2O4/c1-10-9-15-14(8-13(10)16(18)19)20-12-4-2-11(3-5-12)6-7-17/h2-5,8-9,17H,6-7H2,1H3. The van der Waals surface area contributed by atoms with Crippen molar-refractivity contribution < 1.29 is 14.8 Å². The lowest BCUT2D eigenvalue weighted by molar-refractivity contribution is -0.385. The van der Waals surface area contributed by atoms with Crippen LogP contribution in [0.5, 0.6) is 11.6 Å². The van der Waals surface area contributed by atoms with E-state index in [4.69, 9.17) is 9.84 Å². The molecule has 104 valence electrons. The van der Waals surface area contributed by atoms with Gasteiger partial charge in [0.25, 0.3) is 5.69 Å². The molecule has 0 saturated heterocycles. The van der Waals surface area contributed by atoms with Crippen LogP contribution in [0.15, 0.2) is 36.5 Å².